The first-order chi connectivity index (χ1) is 12.4. The predicted molar refractivity (Wildman–Crippen MR) is 98.9 cm³/mol. The van der Waals surface area contributed by atoms with Crippen molar-refractivity contribution in [2.45, 2.75) is 39.7 Å². The molecule has 1 aromatic carbocycles. The Labute approximate surface area is 149 Å². The molecular weight excluding hydrogens is 335 g/mol. The summed E-state index contributed by atoms with van der Waals surface area (Å²) in [6.07, 6.45) is 1.91. The molecule has 0 amide bonds. The van der Waals surface area contributed by atoms with Crippen molar-refractivity contribution >= 4 is 22.3 Å². The van der Waals surface area contributed by atoms with Crippen molar-refractivity contribution in [3.8, 4) is 0 Å². The SMILES string of the molecule is Cc1ccc(Nc2c(C)c(=O)oc3cc(C)n(C4CC4)c(=O)c23)c(F)c1. The van der Waals surface area contributed by atoms with Crippen LogP contribution in [0.15, 0.2) is 38.3 Å². The Morgan fingerprint density at radius 3 is 2.54 bits per heavy atom. The maximum atomic E-state index is 14.3. The fraction of sp³-hybridized carbons (Fsp3) is 0.300. The first kappa shape index (κ1) is 16.6. The van der Waals surface area contributed by atoms with Gasteiger partial charge in [-0.1, -0.05) is 6.07 Å². The lowest BCUT2D eigenvalue weighted by Crippen LogP contribution is -2.24. The molecule has 5 nitrogen and oxygen atoms in total. The van der Waals surface area contributed by atoms with Crippen LogP contribution >= 0.6 is 0 Å². The Morgan fingerprint density at radius 2 is 1.88 bits per heavy atom. The highest BCUT2D eigenvalue weighted by Gasteiger charge is 2.28. The minimum atomic E-state index is -0.546. The largest absolute Gasteiger partial charge is 0.422 e. The third-order valence-corrected chi connectivity index (χ3v) is 4.83. The molecule has 0 saturated heterocycles. The molecule has 1 saturated carbocycles. The van der Waals surface area contributed by atoms with Crippen LogP contribution in [0.3, 0.4) is 0 Å². The monoisotopic (exact) mass is 354 g/mol. The number of anilines is 2. The summed E-state index contributed by atoms with van der Waals surface area (Å²) in [6.45, 7) is 5.19. The molecule has 134 valence electrons. The van der Waals surface area contributed by atoms with Crippen molar-refractivity contribution in [1.82, 2.24) is 4.57 Å². The normalized spacial score (nSPS) is 14.0. The number of hydrogen-bond donors (Lipinski definition) is 1. The van der Waals surface area contributed by atoms with E-state index >= 15 is 0 Å². The van der Waals surface area contributed by atoms with Gasteiger partial charge in [0, 0.05) is 17.8 Å². The van der Waals surface area contributed by atoms with Gasteiger partial charge < -0.3 is 14.3 Å². The summed E-state index contributed by atoms with van der Waals surface area (Å²) < 4.78 is 21.4. The molecule has 0 spiro atoms. The molecule has 1 aliphatic rings. The average molecular weight is 354 g/mol. The Hall–Kier alpha value is -2.89. The Kier molecular flexibility index (Phi) is 3.72. The summed E-state index contributed by atoms with van der Waals surface area (Å²) in [4.78, 5) is 25.3. The molecule has 0 unspecified atom stereocenters. The molecule has 26 heavy (non-hydrogen) atoms. The summed E-state index contributed by atoms with van der Waals surface area (Å²) in [7, 11) is 0. The third kappa shape index (κ3) is 2.62. The first-order valence-corrected chi connectivity index (χ1v) is 8.59. The maximum absolute atomic E-state index is 14.3. The van der Waals surface area contributed by atoms with Gasteiger partial charge >= 0.3 is 5.63 Å². The molecular formula is C20H19FN2O3. The highest BCUT2D eigenvalue weighted by atomic mass is 19.1. The van der Waals surface area contributed by atoms with Gasteiger partial charge in [-0.3, -0.25) is 4.79 Å². The van der Waals surface area contributed by atoms with Crippen molar-refractivity contribution in [3.63, 3.8) is 0 Å². The minimum absolute atomic E-state index is 0.183. The van der Waals surface area contributed by atoms with Crippen LogP contribution < -0.4 is 16.5 Å². The van der Waals surface area contributed by atoms with Gasteiger partial charge in [-0.25, -0.2) is 9.18 Å². The van der Waals surface area contributed by atoms with Gasteiger partial charge in [0.2, 0.25) is 0 Å². The molecule has 1 aliphatic carbocycles. The average Bonchev–Trinajstić information content (AvgIpc) is 3.38. The second-order valence-electron chi connectivity index (χ2n) is 6.93. The zero-order valence-corrected chi connectivity index (χ0v) is 14.9. The van der Waals surface area contributed by atoms with Gasteiger partial charge in [0.15, 0.2) is 0 Å². The second kappa shape index (κ2) is 5.83. The van der Waals surface area contributed by atoms with Gasteiger partial charge in [-0.05, 0) is 51.3 Å². The molecule has 2 aromatic heterocycles. The topological polar surface area (TPSA) is 64.2 Å². The van der Waals surface area contributed by atoms with E-state index in [1.807, 2.05) is 6.92 Å². The van der Waals surface area contributed by atoms with Crippen molar-refractivity contribution in [2.75, 3.05) is 5.32 Å². The van der Waals surface area contributed by atoms with Gasteiger partial charge in [-0.15, -0.1) is 0 Å². The summed E-state index contributed by atoms with van der Waals surface area (Å²) in [5.41, 5.74) is 1.76. The number of fused-ring (bicyclic) bond motifs is 1. The molecule has 4 rings (SSSR count). The Balaban J connectivity index is 2.00. The number of aromatic nitrogens is 1. The summed E-state index contributed by atoms with van der Waals surface area (Å²) in [5.74, 6) is -0.444. The number of aryl methyl sites for hydroxylation is 2. The molecule has 0 aliphatic heterocycles. The van der Waals surface area contributed by atoms with E-state index in [1.165, 1.54) is 6.07 Å². The highest BCUT2D eigenvalue weighted by molar-refractivity contribution is 5.92. The second-order valence-corrected chi connectivity index (χ2v) is 6.93. The summed E-state index contributed by atoms with van der Waals surface area (Å²) in [5, 5.41) is 3.23. The molecule has 6 heteroatoms. The van der Waals surface area contributed by atoms with E-state index in [4.69, 9.17) is 4.42 Å². The van der Waals surface area contributed by atoms with Crippen LogP contribution in [-0.2, 0) is 0 Å². The molecule has 1 fully saturated rings. The molecule has 0 radical (unpaired) electrons. The Bertz CT molecular complexity index is 1160. The van der Waals surface area contributed by atoms with Crippen LogP contribution in [0.25, 0.3) is 11.0 Å². The molecule has 0 atom stereocenters. The van der Waals surface area contributed by atoms with Gasteiger partial charge in [0.25, 0.3) is 5.56 Å². The first-order valence-electron chi connectivity index (χ1n) is 8.59. The molecule has 1 N–H and O–H groups in total. The Morgan fingerprint density at radius 1 is 1.15 bits per heavy atom. The number of pyridine rings is 1. The molecule has 3 aromatic rings. The van der Waals surface area contributed by atoms with Crippen molar-refractivity contribution < 1.29 is 8.81 Å². The van der Waals surface area contributed by atoms with Crippen LogP contribution in [0.5, 0.6) is 0 Å². The van der Waals surface area contributed by atoms with Crippen LogP contribution in [0, 0.1) is 26.6 Å². The van der Waals surface area contributed by atoms with Crippen LogP contribution in [0.2, 0.25) is 0 Å². The lowest BCUT2D eigenvalue weighted by molar-refractivity contribution is 0.551. The quantitative estimate of drug-likeness (QED) is 0.769. The van der Waals surface area contributed by atoms with E-state index in [-0.39, 0.29) is 33.8 Å². The fourth-order valence-corrected chi connectivity index (χ4v) is 3.29. The molecule has 0 bridgehead atoms. The maximum Gasteiger partial charge on any atom is 0.341 e. The van der Waals surface area contributed by atoms with E-state index in [9.17, 15) is 14.0 Å². The summed E-state index contributed by atoms with van der Waals surface area (Å²) >= 11 is 0. The van der Waals surface area contributed by atoms with E-state index in [0.717, 1.165) is 24.1 Å². The van der Waals surface area contributed by atoms with Crippen molar-refractivity contribution in [1.29, 1.82) is 0 Å². The predicted octanol–water partition coefficient (Wildman–Crippen LogP) is 4.10. The molecule has 2 heterocycles. The van der Waals surface area contributed by atoms with Gasteiger partial charge in [0.05, 0.1) is 16.9 Å². The lowest BCUT2D eigenvalue weighted by atomic mass is 10.1. The highest BCUT2D eigenvalue weighted by Crippen LogP contribution is 2.36. The third-order valence-electron chi connectivity index (χ3n) is 4.83. The van der Waals surface area contributed by atoms with Crippen LogP contribution in [0.4, 0.5) is 15.8 Å². The van der Waals surface area contributed by atoms with E-state index in [1.54, 1.807) is 36.6 Å². The summed E-state index contributed by atoms with van der Waals surface area (Å²) in [6, 6.07) is 6.65. The standard InChI is InChI=1S/C20H19FN2O3/c1-10-4-7-15(14(21)8-10)22-18-12(3)20(25)26-16-9-11(2)23(13-5-6-13)19(24)17(16)18/h4,7-9,13,22H,5-6H2,1-3H3. The van der Waals surface area contributed by atoms with E-state index in [2.05, 4.69) is 5.32 Å². The van der Waals surface area contributed by atoms with Crippen molar-refractivity contribution in [3.05, 3.63) is 67.7 Å². The number of halogens is 1. The zero-order chi connectivity index (χ0) is 18.6. The lowest BCUT2D eigenvalue weighted by Gasteiger charge is -2.15. The number of hydrogen-bond acceptors (Lipinski definition) is 4. The fourth-order valence-electron chi connectivity index (χ4n) is 3.29. The minimum Gasteiger partial charge on any atom is -0.422 e. The smallest absolute Gasteiger partial charge is 0.341 e. The van der Waals surface area contributed by atoms with E-state index in [0.29, 0.717) is 5.69 Å². The number of nitrogens with zero attached hydrogens (tertiary/aromatic N) is 1. The number of rotatable bonds is 3. The number of nitrogens with one attached hydrogen (secondary N) is 1. The van der Waals surface area contributed by atoms with E-state index < -0.39 is 11.4 Å². The van der Waals surface area contributed by atoms with Crippen LogP contribution in [-0.4, -0.2) is 4.57 Å². The van der Waals surface area contributed by atoms with Gasteiger partial charge in [-0.2, -0.15) is 0 Å². The number of benzene rings is 1. The van der Waals surface area contributed by atoms with Crippen LogP contribution in [0.1, 0.15) is 35.7 Å². The zero-order valence-electron chi connectivity index (χ0n) is 14.9. The van der Waals surface area contributed by atoms with Crippen molar-refractivity contribution in [2.24, 2.45) is 0 Å². The van der Waals surface area contributed by atoms with Gasteiger partial charge in [0.1, 0.15) is 16.8 Å².